The summed E-state index contributed by atoms with van der Waals surface area (Å²) in [7, 11) is 0. The van der Waals surface area contributed by atoms with Crippen molar-refractivity contribution in [3.63, 3.8) is 0 Å². The Morgan fingerprint density at radius 2 is 1.89 bits per heavy atom. The van der Waals surface area contributed by atoms with E-state index in [9.17, 15) is 4.39 Å². The first-order valence-corrected chi connectivity index (χ1v) is 6.57. The average Bonchev–Trinajstić information content (AvgIpc) is 2.31. The van der Waals surface area contributed by atoms with Gasteiger partial charge >= 0.3 is 0 Å². The van der Waals surface area contributed by atoms with Gasteiger partial charge in [0, 0.05) is 11.5 Å². The van der Waals surface area contributed by atoms with Gasteiger partial charge in [-0.15, -0.1) is 0 Å². The van der Waals surface area contributed by atoms with Gasteiger partial charge in [0.05, 0.1) is 5.69 Å². The zero-order valence-corrected chi connectivity index (χ0v) is 12.1. The summed E-state index contributed by atoms with van der Waals surface area (Å²) < 4.78 is 14.1. The summed E-state index contributed by atoms with van der Waals surface area (Å²) in [6, 6.07) is 6.54. The molecular weight excluding hydrogens is 295 g/mol. The number of hydrogen-bond donors (Lipinski definition) is 0. The first-order valence-electron chi connectivity index (χ1n) is 5.78. The van der Waals surface area contributed by atoms with E-state index in [1.165, 1.54) is 12.1 Å². The highest BCUT2D eigenvalue weighted by atomic mass is 79.9. The zero-order chi connectivity index (χ0) is 13.3. The molecule has 0 aliphatic heterocycles. The molecule has 0 atom stereocenters. The van der Waals surface area contributed by atoms with Crippen molar-refractivity contribution in [3.8, 4) is 11.3 Å². The standard InChI is InChI=1S/C14H14BrFN2/c1-8(2)14-17-12(7-13(15)18-14)11-6-10(16)5-4-9(11)3/h4-8H,1-3H3. The predicted octanol–water partition coefficient (Wildman–Crippen LogP) is 4.48. The Morgan fingerprint density at radius 1 is 1.17 bits per heavy atom. The number of aryl methyl sites for hydroxylation is 1. The molecule has 0 unspecified atom stereocenters. The predicted molar refractivity (Wildman–Crippen MR) is 74.0 cm³/mol. The summed E-state index contributed by atoms with van der Waals surface area (Å²) in [5.74, 6) is 0.731. The molecular formula is C14H14BrFN2. The monoisotopic (exact) mass is 308 g/mol. The van der Waals surface area contributed by atoms with Crippen molar-refractivity contribution in [1.82, 2.24) is 9.97 Å². The van der Waals surface area contributed by atoms with Crippen molar-refractivity contribution in [2.24, 2.45) is 0 Å². The van der Waals surface area contributed by atoms with Gasteiger partial charge in [-0.05, 0) is 46.6 Å². The molecule has 1 heterocycles. The smallest absolute Gasteiger partial charge is 0.132 e. The zero-order valence-electron chi connectivity index (χ0n) is 10.5. The van der Waals surface area contributed by atoms with Crippen molar-refractivity contribution in [2.75, 3.05) is 0 Å². The third kappa shape index (κ3) is 2.75. The first-order chi connectivity index (χ1) is 8.47. The van der Waals surface area contributed by atoms with Crippen LogP contribution in [0.15, 0.2) is 28.9 Å². The molecule has 2 nitrogen and oxygen atoms in total. The molecule has 0 saturated carbocycles. The molecule has 0 fully saturated rings. The van der Waals surface area contributed by atoms with Crippen molar-refractivity contribution >= 4 is 15.9 Å². The van der Waals surface area contributed by atoms with Gasteiger partial charge in [-0.1, -0.05) is 19.9 Å². The van der Waals surface area contributed by atoms with E-state index in [1.807, 2.05) is 26.8 Å². The summed E-state index contributed by atoms with van der Waals surface area (Å²) in [5, 5.41) is 0. The molecule has 18 heavy (non-hydrogen) atoms. The minimum atomic E-state index is -0.253. The Kier molecular flexibility index (Phi) is 3.76. The first kappa shape index (κ1) is 13.1. The molecule has 94 valence electrons. The fraction of sp³-hybridized carbons (Fsp3) is 0.286. The van der Waals surface area contributed by atoms with E-state index in [1.54, 1.807) is 6.07 Å². The number of hydrogen-bond acceptors (Lipinski definition) is 2. The number of halogens is 2. The minimum absolute atomic E-state index is 0.232. The second kappa shape index (κ2) is 5.14. The van der Waals surface area contributed by atoms with E-state index in [2.05, 4.69) is 25.9 Å². The van der Waals surface area contributed by atoms with Crippen molar-refractivity contribution in [1.29, 1.82) is 0 Å². The molecule has 1 aromatic heterocycles. The highest BCUT2D eigenvalue weighted by Crippen LogP contribution is 2.26. The fourth-order valence-corrected chi connectivity index (χ4v) is 2.10. The van der Waals surface area contributed by atoms with E-state index in [4.69, 9.17) is 0 Å². The Balaban J connectivity index is 2.60. The Hall–Kier alpha value is -1.29. The van der Waals surface area contributed by atoms with E-state index in [0.29, 0.717) is 0 Å². The van der Waals surface area contributed by atoms with E-state index in [0.717, 1.165) is 27.2 Å². The lowest BCUT2D eigenvalue weighted by Gasteiger charge is -2.09. The van der Waals surface area contributed by atoms with Crippen LogP contribution in [0.2, 0.25) is 0 Å². The lowest BCUT2D eigenvalue weighted by atomic mass is 10.1. The van der Waals surface area contributed by atoms with Crippen LogP contribution >= 0.6 is 15.9 Å². The summed E-state index contributed by atoms with van der Waals surface area (Å²) in [5.41, 5.74) is 2.55. The maximum Gasteiger partial charge on any atom is 0.132 e. The molecule has 0 bridgehead atoms. The SMILES string of the molecule is Cc1ccc(F)cc1-c1cc(Br)nc(C(C)C)n1. The van der Waals surface area contributed by atoms with E-state index >= 15 is 0 Å². The van der Waals surface area contributed by atoms with Crippen LogP contribution in [0, 0.1) is 12.7 Å². The van der Waals surface area contributed by atoms with Gasteiger partial charge in [-0.2, -0.15) is 0 Å². The third-order valence-electron chi connectivity index (χ3n) is 2.70. The molecule has 2 rings (SSSR count). The fourth-order valence-electron chi connectivity index (χ4n) is 1.70. The van der Waals surface area contributed by atoms with Gasteiger partial charge in [-0.25, -0.2) is 14.4 Å². The highest BCUT2D eigenvalue weighted by Gasteiger charge is 2.10. The topological polar surface area (TPSA) is 25.8 Å². The van der Waals surface area contributed by atoms with Crippen LogP contribution in [0.1, 0.15) is 31.2 Å². The van der Waals surface area contributed by atoms with Gasteiger partial charge in [0.15, 0.2) is 0 Å². The van der Waals surface area contributed by atoms with Gasteiger partial charge in [0.2, 0.25) is 0 Å². The van der Waals surface area contributed by atoms with Crippen molar-refractivity contribution in [2.45, 2.75) is 26.7 Å². The van der Waals surface area contributed by atoms with Gasteiger partial charge in [-0.3, -0.25) is 0 Å². The van der Waals surface area contributed by atoms with E-state index in [-0.39, 0.29) is 11.7 Å². The van der Waals surface area contributed by atoms with Crippen LogP contribution in [-0.2, 0) is 0 Å². The van der Waals surface area contributed by atoms with Crippen LogP contribution in [0.3, 0.4) is 0 Å². The van der Waals surface area contributed by atoms with Crippen molar-refractivity contribution < 1.29 is 4.39 Å². The molecule has 2 aromatic rings. The van der Waals surface area contributed by atoms with Gasteiger partial charge in [0.1, 0.15) is 16.2 Å². The van der Waals surface area contributed by atoms with Crippen LogP contribution in [0.5, 0.6) is 0 Å². The molecule has 4 heteroatoms. The molecule has 0 aliphatic rings. The molecule has 0 aliphatic carbocycles. The Labute approximate surface area is 114 Å². The minimum Gasteiger partial charge on any atom is -0.233 e. The molecule has 0 amide bonds. The lowest BCUT2D eigenvalue weighted by molar-refractivity contribution is 0.628. The second-order valence-corrected chi connectivity index (χ2v) is 5.36. The summed E-state index contributed by atoms with van der Waals surface area (Å²) >= 11 is 3.38. The Morgan fingerprint density at radius 3 is 2.56 bits per heavy atom. The van der Waals surface area contributed by atoms with Crippen LogP contribution in [0.4, 0.5) is 4.39 Å². The molecule has 0 N–H and O–H groups in total. The summed E-state index contributed by atoms with van der Waals surface area (Å²) in [6.07, 6.45) is 0. The lowest BCUT2D eigenvalue weighted by Crippen LogP contribution is -2.00. The van der Waals surface area contributed by atoms with Crippen LogP contribution in [0.25, 0.3) is 11.3 Å². The van der Waals surface area contributed by atoms with E-state index < -0.39 is 0 Å². The second-order valence-electron chi connectivity index (χ2n) is 4.55. The number of aromatic nitrogens is 2. The maximum absolute atomic E-state index is 13.3. The normalized spacial score (nSPS) is 11.0. The van der Waals surface area contributed by atoms with Crippen LogP contribution < -0.4 is 0 Å². The highest BCUT2D eigenvalue weighted by molar-refractivity contribution is 9.10. The Bertz CT molecular complexity index is 582. The summed E-state index contributed by atoms with van der Waals surface area (Å²) in [6.45, 7) is 6.01. The molecule has 0 saturated heterocycles. The largest absolute Gasteiger partial charge is 0.233 e. The summed E-state index contributed by atoms with van der Waals surface area (Å²) in [4.78, 5) is 8.82. The van der Waals surface area contributed by atoms with Gasteiger partial charge in [0.25, 0.3) is 0 Å². The molecule has 1 aromatic carbocycles. The molecule has 0 spiro atoms. The number of rotatable bonds is 2. The maximum atomic E-state index is 13.3. The van der Waals surface area contributed by atoms with Gasteiger partial charge < -0.3 is 0 Å². The number of benzene rings is 1. The number of nitrogens with zero attached hydrogens (tertiary/aromatic N) is 2. The van der Waals surface area contributed by atoms with Crippen LogP contribution in [-0.4, -0.2) is 9.97 Å². The quantitative estimate of drug-likeness (QED) is 0.765. The third-order valence-corrected chi connectivity index (χ3v) is 3.11. The average molecular weight is 309 g/mol. The van der Waals surface area contributed by atoms with Crippen molar-refractivity contribution in [3.05, 3.63) is 46.1 Å². The molecule has 0 radical (unpaired) electrons.